The molecule has 0 aromatic heterocycles. The van der Waals surface area contributed by atoms with Crippen LogP contribution in [-0.2, 0) is 20.4 Å². The second kappa shape index (κ2) is 6.14. The topological polar surface area (TPSA) is 104 Å². The third kappa shape index (κ3) is 3.15. The number of imide groups is 1. The van der Waals surface area contributed by atoms with Crippen molar-refractivity contribution in [3.8, 4) is 0 Å². The number of anilines is 1. The smallest absolute Gasteiger partial charge is 0.320 e. The summed E-state index contributed by atoms with van der Waals surface area (Å²) in [6.07, 6.45) is 0. The molecule has 0 aliphatic carbocycles. The molecule has 136 valence electrons. The van der Waals surface area contributed by atoms with Crippen LogP contribution in [-0.4, -0.2) is 20.4 Å². The van der Waals surface area contributed by atoms with E-state index < -0.39 is 27.5 Å². The highest BCUT2D eigenvalue weighted by Gasteiger charge is 2.43. The molecule has 0 bridgehead atoms. The predicted molar refractivity (Wildman–Crippen MR) is 97.2 cm³/mol. The van der Waals surface area contributed by atoms with Gasteiger partial charge in [-0.25, -0.2) is 13.2 Å². The van der Waals surface area contributed by atoms with Crippen molar-refractivity contribution in [2.45, 2.75) is 31.2 Å². The molecule has 7 nitrogen and oxygen atoms in total. The van der Waals surface area contributed by atoms with Gasteiger partial charge in [0.2, 0.25) is 0 Å². The monoisotopic (exact) mass is 373 g/mol. The molecule has 8 heteroatoms. The first-order chi connectivity index (χ1) is 12.1. The van der Waals surface area contributed by atoms with Gasteiger partial charge < -0.3 is 5.32 Å². The van der Waals surface area contributed by atoms with Gasteiger partial charge in [0.15, 0.2) is 0 Å². The van der Waals surface area contributed by atoms with E-state index in [0.29, 0.717) is 16.8 Å². The van der Waals surface area contributed by atoms with Gasteiger partial charge in [-0.2, -0.15) is 0 Å². The maximum atomic E-state index is 12.7. The fraction of sp³-hybridized carbons (Fsp3) is 0.222. The van der Waals surface area contributed by atoms with Crippen LogP contribution in [0, 0.1) is 13.8 Å². The largest absolute Gasteiger partial charge is 0.322 e. The standard InChI is InChI=1S/C18H19N3O4S/c1-11-7-8-15(12(2)9-11)26(24,25)21-14-6-4-5-13(10-14)18(3)16(22)19-17(23)20-18/h4-10,21H,1-3H3,(H2,19,20,22,23)/t18-/m1/s1. The van der Waals surface area contributed by atoms with E-state index in [9.17, 15) is 18.0 Å². The summed E-state index contributed by atoms with van der Waals surface area (Å²) in [6.45, 7) is 5.18. The van der Waals surface area contributed by atoms with E-state index in [1.807, 2.05) is 6.92 Å². The molecule has 1 aliphatic heterocycles. The van der Waals surface area contributed by atoms with Crippen LogP contribution < -0.4 is 15.4 Å². The van der Waals surface area contributed by atoms with Gasteiger partial charge in [0.05, 0.1) is 4.90 Å². The minimum atomic E-state index is -3.78. The molecule has 3 amide bonds. The summed E-state index contributed by atoms with van der Waals surface area (Å²) >= 11 is 0. The molecule has 0 unspecified atom stereocenters. The van der Waals surface area contributed by atoms with E-state index in [1.165, 1.54) is 6.07 Å². The second-order valence-corrected chi connectivity index (χ2v) is 8.14. The molecule has 3 rings (SSSR count). The highest BCUT2D eigenvalue weighted by atomic mass is 32.2. The second-order valence-electron chi connectivity index (χ2n) is 6.49. The first-order valence-corrected chi connectivity index (χ1v) is 9.44. The molecule has 0 spiro atoms. The number of hydrogen-bond donors (Lipinski definition) is 3. The molecule has 1 heterocycles. The van der Waals surface area contributed by atoms with Gasteiger partial charge in [-0.3, -0.25) is 14.8 Å². The lowest BCUT2D eigenvalue weighted by molar-refractivity contribution is -0.123. The van der Waals surface area contributed by atoms with Crippen LogP contribution in [0.1, 0.15) is 23.6 Å². The van der Waals surface area contributed by atoms with E-state index in [-0.39, 0.29) is 4.90 Å². The van der Waals surface area contributed by atoms with Crippen LogP contribution in [0.25, 0.3) is 0 Å². The SMILES string of the molecule is Cc1ccc(S(=O)(=O)Nc2cccc([C@@]3(C)NC(=O)NC3=O)c2)c(C)c1. The summed E-state index contributed by atoms with van der Waals surface area (Å²) in [5.41, 5.74) is 1.14. The number of aryl methyl sites for hydroxylation is 2. The highest BCUT2D eigenvalue weighted by Crippen LogP contribution is 2.28. The van der Waals surface area contributed by atoms with Crippen LogP contribution in [0.2, 0.25) is 0 Å². The number of nitrogens with one attached hydrogen (secondary N) is 3. The first kappa shape index (κ1) is 17.9. The maximum absolute atomic E-state index is 12.7. The van der Waals surface area contributed by atoms with Crippen molar-refractivity contribution in [2.75, 3.05) is 4.72 Å². The van der Waals surface area contributed by atoms with Crippen molar-refractivity contribution < 1.29 is 18.0 Å². The normalized spacial score (nSPS) is 19.8. The van der Waals surface area contributed by atoms with Crippen LogP contribution in [0.4, 0.5) is 10.5 Å². The molecular weight excluding hydrogens is 354 g/mol. The molecule has 3 N–H and O–H groups in total. The number of carbonyl (C=O) groups is 2. The summed E-state index contributed by atoms with van der Waals surface area (Å²) in [6, 6.07) is 10.9. The Morgan fingerprint density at radius 1 is 1.04 bits per heavy atom. The number of carbonyl (C=O) groups excluding carboxylic acids is 2. The molecule has 0 radical (unpaired) electrons. The van der Waals surface area contributed by atoms with Gasteiger partial charge in [0, 0.05) is 5.69 Å². The zero-order valence-corrected chi connectivity index (χ0v) is 15.4. The number of rotatable bonds is 4. The Balaban J connectivity index is 1.94. The van der Waals surface area contributed by atoms with Gasteiger partial charge >= 0.3 is 6.03 Å². The summed E-state index contributed by atoms with van der Waals surface area (Å²) in [5.74, 6) is -0.489. The van der Waals surface area contributed by atoms with Gasteiger partial charge in [-0.05, 0) is 50.1 Å². The average Bonchev–Trinajstić information content (AvgIpc) is 2.80. The minimum absolute atomic E-state index is 0.187. The number of amides is 3. The zero-order valence-electron chi connectivity index (χ0n) is 14.6. The summed E-state index contributed by atoms with van der Waals surface area (Å²) in [7, 11) is -3.78. The highest BCUT2D eigenvalue weighted by molar-refractivity contribution is 7.92. The number of sulfonamides is 1. The lowest BCUT2D eigenvalue weighted by atomic mass is 9.92. The van der Waals surface area contributed by atoms with E-state index in [4.69, 9.17) is 0 Å². The maximum Gasteiger partial charge on any atom is 0.322 e. The van der Waals surface area contributed by atoms with E-state index in [2.05, 4.69) is 15.4 Å². The van der Waals surface area contributed by atoms with Crippen molar-refractivity contribution in [1.82, 2.24) is 10.6 Å². The molecule has 1 atom stereocenters. The number of benzene rings is 2. The van der Waals surface area contributed by atoms with Crippen LogP contribution >= 0.6 is 0 Å². The quantitative estimate of drug-likeness (QED) is 0.714. The van der Waals surface area contributed by atoms with Gasteiger partial charge in [-0.1, -0.05) is 29.8 Å². The van der Waals surface area contributed by atoms with Gasteiger partial charge in [0.1, 0.15) is 5.54 Å². The fourth-order valence-corrected chi connectivity index (χ4v) is 4.23. The van der Waals surface area contributed by atoms with Crippen LogP contribution in [0.5, 0.6) is 0 Å². The van der Waals surface area contributed by atoms with Crippen molar-refractivity contribution >= 4 is 27.6 Å². The average molecular weight is 373 g/mol. The van der Waals surface area contributed by atoms with Crippen molar-refractivity contribution in [1.29, 1.82) is 0 Å². The molecule has 2 aromatic rings. The third-order valence-corrected chi connectivity index (χ3v) is 5.90. The molecule has 26 heavy (non-hydrogen) atoms. The minimum Gasteiger partial charge on any atom is -0.320 e. The molecule has 1 aliphatic rings. The third-order valence-electron chi connectivity index (χ3n) is 4.36. The van der Waals surface area contributed by atoms with E-state index >= 15 is 0 Å². The number of hydrogen-bond acceptors (Lipinski definition) is 4. The summed E-state index contributed by atoms with van der Waals surface area (Å²) < 4.78 is 27.9. The van der Waals surface area contributed by atoms with E-state index in [0.717, 1.165) is 5.56 Å². The van der Waals surface area contributed by atoms with Gasteiger partial charge in [0.25, 0.3) is 15.9 Å². The van der Waals surface area contributed by atoms with Crippen LogP contribution in [0.15, 0.2) is 47.4 Å². The fourth-order valence-electron chi connectivity index (χ4n) is 2.95. The molecule has 1 saturated heterocycles. The zero-order chi connectivity index (χ0) is 19.1. The Kier molecular flexibility index (Phi) is 4.23. The van der Waals surface area contributed by atoms with E-state index in [1.54, 1.807) is 50.2 Å². The lowest BCUT2D eigenvalue weighted by Crippen LogP contribution is -2.40. The predicted octanol–water partition coefficient (Wildman–Crippen LogP) is 2.16. The Hall–Kier alpha value is -2.87. The van der Waals surface area contributed by atoms with Crippen molar-refractivity contribution in [3.63, 3.8) is 0 Å². The van der Waals surface area contributed by atoms with Crippen LogP contribution in [0.3, 0.4) is 0 Å². The Bertz CT molecular complexity index is 1020. The lowest BCUT2D eigenvalue weighted by Gasteiger charge is -2.22. The Morgan fingerprint density at radius 3 is 2.38 bits per heavy atom. The Labute approximate surface area is 151 Å². The molecular formula is C18H19N3O4S. The summed E-state index contributed by atoms with van der Waals surface area (Å²) in [5, 5.41) is 4.74. The Morgan fingerprint density at radius 2 is 1.77 bits per heavy atom. The van der Waals surface area contributed by atoms with Crippen molar-refractivity contribution in [2.24, 2.45) is 0 Å². The molecule has 0 saturated carbocycles. The first-order valence-electron chi connectivity index (χ1n) is 7.96. The summed E-state index contributed by atoms with van der Waals surface area (Å²) in [4.78, 5) is 23.7. The number of urea groups is 1. The molecule has 2 aromatic carbocycles. The van der Waals surface area contributed by atoms with Gasteiger partial charge in [-0.15, -0.1) is 0 Å². The van der Waals surface area contributed by atoms with Crippen molar-refractivity contribution in [3.05, 3.63) is 59.2 Å². The molecule has 1 fully saturated rings.